The maximum Gasteiger partial charge on any atom is 0.170 e. The maximum absolute atomic E-state index is 4.55. The van der Waals surface area contributed by atoms with E-state index in [0.29, 0.717) is 0 Å². The number of hydrogen-bond donors (Lipinski definition) is 1. The molecule has 0 amide bonds. The van der Waals surface area contributed by atoms with E-state index in [0.717, 1.165) is 41.0 Å². The predicted molar refractivity (Wildman–Crippen MR) is 71.1 cm³/mol. The van der Waals surface area contributed by atoms with Gasteiger partial charge in [-0.25, -0.2) is 14.5 Å². The summed E-state index contributed by atoms with van der Waals surface area (Å²) < 4.78 is 3.58. The van der Waals surface area contributed by atoms with Crippen LogP contribution in [0.15, 0.2) is 24.9 Å². The lowest BCUT2D eigenvalue weighted by atomic mass is 10.4. The van der Waals surface area contributed by atoms with Gasteiger partial charge in [0.05, 0.1) is 17.8 Å². The molecular formula is C12H12N8. The van der Waals surface area contributed by atoms with E-state index in [-0.39, 0.29) is 0 Å². The van der Waals surface area contributed by atoms with Crippen molar-refractivity contribution in [3.63, 3.8) is 0 Å². The van der Waals surface area contributed by atoms with Gasteiger partial charge in [0.25, 0.3) is 0 Å². The first kappa shape index (κ1) is 11.1. The zero-order valence-electron chi connectivity index (χ0n) is 10.9. The third-order valence-electron chi connectivity index (χ3n) is 3.16. The van der Waals surface area contributed by atoms with Gasteiger partial charge in [-0.05, 0) is 12.5 Å². The average Bonchev–Trinajstić information content (AvgIpc) is 3.13. The lowest BCUT2D eigenvalue weighted by Gasteiger charge is -1.96. The van der Waals surface area contributed by atoms with Crippen molar-refractivity contribution in [2.45, 2.75) is 19.9 Å². The van der Waals surface area contributed by atoms with E-state index in [9.17, 15) is 0 Å². The zero-order valence-corrected chi connectivity index (χ0v) is 10.9. The minimum atomic E-state index is 0.721. The van der Waals surface area contributed by atoms with Gasteiger partial charge in [-0.1, -0.05) is 0 Å². The molecule has 4 aromatic rings. The summed E-state index contributed by atoms with van der Waals surface area (Å²) >= 11 is 0. The first-order valence-corrected chi connectivity index (χ1v) is 6.32. The van der Waals surface area contributed by atoms with Crippen molar-refractivity contribution in [3.8, 4) is 0 Å². The number of H-pyrrole nitrogens is 1. The molecule has 0 fully saturated rings. The molecule has 8 heteroatoms. The van der Waals surface area contributed by atoms with Gasteiger partial charge >= 0.3 is 0 Å². The summed E-state index contributed by atoms with van der Waals surface area (Å²) in [5.41, 5.74) is 2.65. The van der Waals surface area contributed by atoms with Gasteiger partial charge in [-0.2, -0.15) is 10.2 Å². The van der Waals surface area contributed by atoms with Gasteiger partial charge in [0.15, 0.2) is 17.1 Å². The second kappa shape index (κ2) is 4.12. The fourth-order valence-corrected chi connectivity index (χ4v) is 2.20. The Balaban J connectivity index is 1.66. The molecule has 0 saturated carbocycles. The Hall–Kier alpha value is -2.77. The normalized spacial score (nSPS) is 11.7. The molecule has 0 aliphatic carbocycles. The van der Waals surface area contributed by atoms with Crippen molar-refractivity contribution in [1.82, 2.24) is 39.6 Å². The smallest absolute Gasteiger partial charge is 0.170 e. The predicted octanol–water partition coefficient (Wildman–Crippen LogP) is 0.748. The molecule has 0 bridgehead atoms. The maximum atomic E-state index is 4.55. The van der Waals surface area contributed by atoms with Crippen LogP contribution in [0.4, 0.5) is 0 Å². The molecule has 0 aromatic carbocycles. The Morgan fingerprint density at radius 3 is 3.10 bits per heavy atom. The van der Waals surface area contributed by atoms with Gasteiger partial charge in [-0.3, -0.25) is 9.78 Å². The van der Waals surface area contributed by atoms with Crippen LogP contribution in [-0.4, -0.2) is 39.6 Å². The summed E-state index contributed by atoms with van der Waals surface area (Å²) in [5.74, 6) is 0.772. The van der Waals surface area contributed by atoms with Crippen molar-refractivity contribution >= 4 is 16.7 Å². The summed E-state index contributed by atoms with van der Waals surface area (Å²) in [7, 11) is 0. The summed E-state index contributed by atoms with van der Waals surface area (Å²) in [6, 6.07) is 0. The Kier molecular flexibility index (Phi) is 2.28. The first-order valence-electron chi connectivity index (χ1n) is 6.32. The van der Waals surface area contributed by atoms with Crippen molar-refractivity contribution in [2.24, 2.45) is 0 Å². The van der Waals surface area contributed by atoms with Crippen LogP contribution in [0.5, 0.6) is 0 Å². The second-order valence-corrected chi connectivity index (χ2v) is 4.70. The fraction of sp³-hybridized carbons (Fsp3) is 0.250. The molecule has 0 unspecified atom stereocenters. The summed E-state index contributed by atoms with van der Waals surface area (Å²) in [5, 5.41) is 16.4. The van der Waals surface area contributed by atoms with Gasteiger partial charge < -0.3 is 0 Å². The molecule has 4 aromatic heterocycles. The molecule has 0 radical (unpaired) electrons. The van der Waals surface area contributed by atoms with E-state index < -0.39 is 0 Å². The van der Waals surface area contributed by atoms with Crippen LogP contribution < -0.4 is 0 Å². The lowest BCUT2D eigenvalue weighted by Crippen LogP contribution is -2.03. The van der Waals surface area contributed by atoms with Crippen LogP contribution >= 0.6 is 0 Å². The quantitative estimate of drug-likeness (QED) is 0.592. The highest BCUT2D eigenvalue weighted by molar-refractivity contribution is 5.87. The highest BCUT2D eigenvalue weighted by atomic mass is 15.3. The number of hydrogen-bond acceptors (Lipinski definition) is 5. The van der Waals surface area contributed by atoms with E-state index in [2.05, 4.69) is 30.4 Å². The number of rotatable bonds is 3. The van der Waals surface area contributed by atoms with Crippen LogP contribution in [-0.2, 0) is 13.0 Å². The number of aromatic amines is 1. The molecule has 0 aliphatic rings. The number of nitrogens with zero attached hydrogens (tertiary/aromatic N) is 7. The van der Waals surface area contributed by atoms with Crippen molar-refractivity contribution in [2.75, 3.05) is 0 Å². The Morgan fingerprint density at radius 1 is 1.30 bits per heavy atom. The van der Waals surface area contributed by atoms with E-state index in [1.54, 1.807) is 17.0 Å². The Morgan fingerprint density at radius 2 is 2.25 bits per heavy atom. The van der Waals surface area contributed by atoms with E-state index in [1.165, 1.54) is 0 Å². The molecule has 1 N–H and O–H groups in total. The standard InChI is InChI=1S/C12H12N8/c1-8-4-15-19(6-8)3-2-10-16-12-9-5-14-17-11(9)13-7-20(12)18-10/h4-7H,2-3H2,1H3,(H,14,17). The van der Waals surface area contributed by atoms with Gasteiger partial charge in [0.1, 0.15) is 6.33 Å². The fourth-order valence-electron chi connectivity index (χ4n) is 2.20. The van der Waals surface area contributed by atoms with Crippen molar-refractivity contribution in [3.05, 3.63) is 36.3 Å². The minimum Gasteiger partial charge on any atom is -0.272 e. The third-order valence-corrected chi connectivity index (χ3v) is 3.16. The van der Waals surface area contributed by atoms with Crippen LogP contribution in [0.3, 0.4) is 0 Å². The first-order chi connectivity index (χ1) is 9.79. The molecular weight excluding hydrogens is 256 g/mol. The molecule has 0 atom stereocenters. The van der Waals surface area contributed by atoms with Gasteiger partial charge in [0, 0.05) is 19.2 Å². The van der Waals surface area contributed by atoms with E-state index >= 15 is 0 Å². The van der Waals surface area contributed by atoms with Crippen LogP contribution in [0.2, 0.25) is 0 Å². The minimum absolute atomic E-state index is 0.721. The highest BCUT2D eigenvalue weighted by Crippen LogP contribution is 2.13. The van der Waals surface area contributed by atoms with E-state index in [4.69, 9.17) is 0 Å². The monoisotopic (exact) mass is 268 g/mol. The number of aryl methyl sites for hydroxylation is 3. The Labute approximate surface area is 113 Å². The van der Waals surface area contributed by atoms with Crippen molar-refractivity contribution < 1.29 is 0 Å². The molecule has 4 heterocycles. The molecule has 0 saturated heterocycles. The molecule has 0 spiro atoms. The molecule has 100 valence electrons. The van der Waals surface area contributed by atoms with Gasteiger partial charge in [0.2, 0.25) is 0 Å². The molecule has 8 nitrogen and oxygen atoms in total. The molecule has 4 rings (SSSR count). The molecule has 20 heavy (non-hydrogen) atoms. The second-order valence-electron chi connectivity index (χ2n) is 4.70. The summed E-state index contributed by atoms with van der Waals surface area (Å²) in [4.78, 5) is 8.77. The van der Waals surface area contributed by atoms with Crippen molar-refractivity contribution in [1.29, 1.82) is 0 Å². The summed E-state index contributed by atoms with van der Waals surface area (Å²) in [6.07, 6.45) is 7.93. The largest absolute Gasteiger partial charge is 0.272 e. The third kappa shape index (κ3) is 1.73. The zero-order chi connectivity index (χ0) is 13.5. The average molecular weight is 268 g/mol. The Bertz CT molecular complexity index is 883. The highest BCUT2D eigenvalue weighted by Gasteiger charge is 2.09. The van der Waals surface area contributed by atoms with Crippen LogP contribution in [0, 0.1) is 6.92 Å². The van der Waals surface area contributed by atoms with Crippen LogP contribution in [0.25, 0.3) is 16.7 Å². The topological polar surface area (TPSA) is 89.6 Å². The SMILES string of the molecule is Cc1cnn(CCc2nc3c4cn[nH]c4ncn3n2)c1. The van der Waals surface area contributed by atoms with Gasteiger partial charge in [-0.15, -0.1) is 5.10 Å². The number of fused-ring (bicyclic) bond motifs is 3. The molecule has 0 aliphatic heterocycles. The number of nitrogens with one attached hydrogen (secondary N) is 1. The lowest BCUT2D eigenvalue weighted by molar-refractivity contribution is 0.599. The van der Waals surface area contributed by atoms with Crippen LogP contribution in [0.1, 0.15) is 11.4 Å². The van der Waals surface area contributed by atoms with E-state index in [1.807, 2.05) is 24.0 Å². The number of aromatic nitrogens is 8. The summed E-state index contributed by atoms with van der Waals surface area (Å²) in [6.45, 7) is 2.78.